The molecule has 2 aliphatic rings. The van der Waals surface area contributed by atoms with Crippen molar-refractivity contribution in [3.63, 3.8) is 0 Å². The molecule has 0 aliphatic heterocycles. The Kier molecular flexibility index (Phi) is 2.04. The Bertz CT molecular complexity index is 267. The van der Waals surface area contributed by atoms with Gasteiger partial charge in [0.2, 0.25) is 0 Å². The molecule has 2 heteroatoms. The van der Waals surface area contributed by atoms with Gasteiger partial charge in [0.1, 0.15) is 5.78 Å². The van der Waals surface area contributed by atoms with E-state index in [1.165, 1.54) is 0 Å². The molecule has 0 aromatic rings. The number of carbonyl (C=O) groups excluding carboxylic acids is 1. The molecule has 2 bridgehead atoms. The van der Waals surface area contributed by atoms with Crippen LogP contribution >= 0.6 is 0 Å². The maximum Gasteiger partial charge on any atom is 0.139 e. The molecular formula is C12H20O2. The number of fused-ring (bicyclic) bond motifs is 2. The minimum atomic E-state index is -0.326. The van der Waals surface area contributed by atoms with E-state index >= 15 is 0 Å². The molecule has 1 N–H and O–H groups in total. The van der Waals surface area contributed by atoms with Gasteiger partial charge in [0.15, 0.2) is 0 Å². The minimum Gasteiger partial charge on any atom is -0.393 e. The number of Topliss-reactive ketones (excluding diaryl/α,β-unsaturated/α-hetero) is 1. The van der Waals surface area contributed by atoms with Gasteiger partial charge in [-0.05, 0) is 32.1 Å². The lowest BCUT2D eigenvalue weighted by Crippen LogP contribution is -2.44. The van der Waals surface area contributed by atoms with Gasteiger partial charge in [0, 0.05) is 17.3 Å². The van der Waals surface area contributed by atoms with Crippen LogP contribution in [0.1, 0.15) is 46.5 Å². The predicted molar refractivity (Wildman–Crippen MR) is 54.9 cm³/mol. The van der Waals surface area contributed by atoms with Crippen LogP contribution in [-0.4, -0.2) is 17.0 Å². The number of hydrogen-bond acceptors (Lipinski definition) is 2. The van der Waals surface area contributed by atoms with Gasteiger partial charge >= 0.3 is 0 Å². The van der Waals surface area contributed by atoms with Crippen molar-refractivity contribution in [1.29, 1.82) is 0 Å². The molecule has 0 aromatic carbocycles. The molecule has 0 heterocycles. The summed E-state index contributed by atoms with van der Waals surface area (Å²) < 4.78 is 0. The van der Waals surface area contributed by atoms with Crippen LogP contribution in [0.2, 0.25) is 0 Å². The predicted octanol–water partition coefficient (Wildman–Crippen LogP) is 2.15. The number of carbonyl (C=O) groups is 1. The molecular weight excluding hydrogens is 176 g/mol. The maximum absolute atomic E-state index is 12.0. The lowest BCUT2D eigenvalue weighted by Gasteiger charge is -2.42. The summed E-state index contributed by atoms with van der Waals surface area (Å²) in [5, 5.41) is 9.79. The number of rotatable bonds is 1. The first kappa shape index (κ1) is 10.2. The highest BCUT2D eigenvalue weighted by atomic mass is 16.3. The monoisotopic (exact) mass is 196 g/mol. The Labute approximate surface area is 85.7 Å². The van der Waals surface area contributed by atoms with E-state index in [1.807, 2.05) is 6.92 Å². The standard InChI is InChI=1S/C12H20O2/c1-8(13)12-5-4-9(6-12)11(2,3)10(14)7-12/h8-9,13H,4-7H2,1-3H3. The fourth-order valence-electron chi connectivity index (χ4n) is 3.24. The van der Waals surface area contributed by atoms with Crippen LogP contribution in [0.5, 0.6) is 0 Å². The number of aliphatic hydroxyl groups is 1. The fourth-order valence-corrected chi connectivity index (χ4v) is 3.24. The summed E-state index contributed by atoms with van der Waals surface area (Å²) >= 11 is 0. The van der Waals surface area contributed by atoms with Crippen LogP contribution in [-0.2, 0) is 4.79 Å². The third-order valence-electron chi connectivity index (χ3n) is 4.78. The molecule has 2 saturated carbocycles. The highest BCUT2D eigenvalue weighted by Gasteiger charge is 2.55. The molecule has 0 aromatic heterocycles. The molecule has 2 fully saturated rings. The summed E-state index contributed by atoms with van der Waals surface area (Å²) in [5.74, 6) is 0.852. The van der Waals surface area contributed by atoms with E-state index in [-0.39, 0.29) is 16.9 Å². The van der Waals surface area contributed by atoms with Gasteiger partial charge in [-0.3, -0.25) is 4.79 Å². The molecule has 2 rings (SSSR count). The summed E-state index contributed by atoms with van der Waals surface area (Å²) in [6, 6.07) is 0. The van der Waals surface area contributed by atoms with Gasteiger partial charge in [-0.25, -0.2) is 0 Å². The Hall–Kier alpha value is -0.370. The molecule has 3 atom stereocenters. The van der Waals surface area contributed by atoms with E-state index in [2.05, 4.69) is 13.8 Å². The number of hydrogen-bond donors (Lipinski definition) is 1. The van der Waals surface area contributed by atoms with Crippen LogP contribution < -0.4 is 0 Å². The molecule has 3 unspecified atom stereocenters. The van der Waals surface area contributed by atoms with Gasteiger partial charge in [-0.1, -0.05) is 13.8 Å². The topological polar surface area (TPSA) is 37.3 Å². The first-order valence-electron chi connectivity index (χ1n) is 5.60. The first-order valence-corrected chi connectivity index (χ1v) is 5.60. The van der Waals surface area contributed by atoms with Crippen molar-refractivity contribution in [1.82, 2.24) is 0 Å². The van der Waals surface area contributed by atoms with Crippen molar-refractivity contribution in [2.45, 2.75) is 52.6 Å². The largest absolute Gasteiger partial charge is 0.393 e. The quantitative estimate of drug-likeness (QED) is 0.697. The van der Waals surface area contributed by atoms with Crippen molar-refractivity contribution < 1.29 is 9.90 Å². The Morgan fingerprint density at radius 2 is 2.14 bits per heavy atom. The molecule has 2 nitrogen and oxygen atoms in total. The van der Waals surface area contributed by atoms with Crippen LogP contribution in [0.25, 0.3) is 0 Å². The second kappa shape index (κ2) is 2.82. The summed E-state index contributed by atoms with van der Waals surface area (Å²) in [6.45, 7) is 5.97. The van der Waals surface area contributed by atoms with E-state index in [9.17, 15) is 9.90 Å². The highest BCUT2D eigenvalue weighted by molar-refractivity contribution is 5.86. The summed E-state index contributed by atoms with van der Waals surface area (Å²) in [5.41, 5.74) is -0.216. The molecule has 2 aliphatic carbocycles. The Balaban J connectivity index is 2.30. The third-order valence-corrected chi connectivity index (χ3v) is 4.78. The van der Waals surface area contributed by atoms with Gasteiger partial charge in [-0.2, -0.15) is 0 Å². The average molecular weight is 196 g/mol. The Morgan fingerprint density at radius 3 is 2.71 bits per heavy atom. The van der Waals surface area contributed by atoms with Crippen LogP contribution in [0.15, 0.2) is 0 Å². The van der Waals surface area contributed by atoms with E-state index < -0.39 is 0 Å². The maximum atomic E-state index is 12.0. The summed E-state index contributed by atoms with van der Waals surface area (Å²) in [7, 11) is 0. The molecule has 0 saturated heterocycles. The second-order valence-corrected chi connectivity index (χ2v) is 5.80. The average Bonchev–Trinajstić information content (AvgIpc) is 2.46. The van der Waals surface area contributed by atoms with Crippen molar-refractivity contribution in [3.8, 4) is 0 Å². The zero-order chi connectivity index (χ0) is 10.6. The normalized spacial score (nSPS) is 42.6. The zero-order valence-electron chi connectivity index (χ0n) is 9.34. The van der Waals surface area contributed by atoms with E-state index in [1.54, 1.807) is 0 Å². The molecule has 80 valence electrons. The molecule has 14 heavy (non-hydrogen) atoms. The third kappa shape index (κ3) is 1.16. The van der Waals surface area contributed by atoms with Crippen molar-refractivity contribution in [2.75, 3.05) is 0 Å². The fraction of sp³-hybridized carbons (Fsp3) is 0.917. The lowest BCUT2D eigenvalue weighted by atomic mass is 9.62. The minimum absolute atomic E-state index is 0.0722. The van der Waals surface area contributed by atoms with Crippen molar-refractivity contribution in [2.24, 2.45) is 16.7 Å². The SMILES string of the molecule is CC(O)C12CCC(C1)C(C)(C)C(=O)C2. The van der Waals surface area contributed by atoms with E-state index in [0.29, 0.717) is 18.1 Å². The lowest BCUT2D eigenvalue weighted by molar-refractivity contribution is -0.138. The van der Waals surface area contributed by atoms with E-state index in [0.717, 1.165) is 19.3 Å². The number of ketones is 1. The number of aliphatic hydroxyl groups excluding tert-OH is 1. The van der Waals surface area contributed by atoms with Crippen LogP contribution in [0.4, 0.5) is 0 Å². The Morgan fingerprint density at radius 1 is 1.50 bits per heavy atom. The summed E-state index contributed by atoms with van der Waals surface area (Å²) in [6.07, 6.45) is 3.46. The zero-order valence-corrected chi connectivity index (χ0v) is 9.34. The van der Waals surface area contributed by atoms with Crippen molar-refractivity contribution >= 4 is 5.78 Å². The van der Waals surface area contributed by atoms with Gasteiger partial charge in [-0.15, -0.1) is 0 Å². The van der Waals surface area contributed by atoms with Gasteiger partial charge < -0.3 is 5.11 Å². The van der Waals surface area contributed by atoms with E-state index in [4.69, 9.17) is 0 Å². The molecule has 0 radical (unpaired) electrons. The summed E-state index contributed by atoms with van der Waals surface area (Å²) in [4.78, 5) is 12.0. The van der Waals surface area contributed by atoms with Gasteiger partial charge in [0.25, 0.3) is 0 Å². The van der Waals surface area contributed by atoms with Crippen molar-refractivity contribution in [3.05, 3.63) is 0 Å². The smallest absolute Gasteiger partial charge is 0.139 e. The highest BCUT2D eigenvalue weighted by Crippen LogP contribution is 2.58. The molecule has 0 spiro atoms. The second-order valence-electron chi connectivity index (χ2n) is 5.80. The molecule has 0 amide bonds. The van der Waals surface area contributed by atoms with Crippen LogP contribution in [0.3, 0.4) is 0 Å². The van der Waals surface area contributed by atoms with Gasteiger partial charge in [0.05, 0.1) is 6.10 Å². The first-order chi connectivity index (χ1) is 6.38. The van der Waals surface area contributed by atoms with Crippen LogP contribution in [0, 0.1) is 16.7 Å².